The molecule has 2 aromatic rings. The molecule has 1 unspecified atom stereocenters. The maximum Gasteiger partial charge on any atom is 0.331 e. The summed E-state index contributed by atoms with van der Waals surface area (Å²) in [7, 11) is 0. The number of nitrogens with zero attached hydrogens (tertiary/aromatic N) is 4. The van der Waals surface area contributed by atoms with E-state index in [4.69, 9.17) is 4.74 Å². The number of ether oxygens (including phenoxy) is 1. The van der Waals surface area contributed by atoms with Crippen molar-refractivity contribution in [2.24, 2.45) is 4.99 Å². The van der Waals surface area contributed by atoms with Crippen LogP contribution in [0.1, 0.15) is 12.5 Å². The molecule has 0 bridgehead atoms. The van der Waals surface area contributed by atoms with E-state index in [-0.39, 0.29) is 19.1 Å². The largest absolute Gasteiger partial charge is 0.465 e. The van der Waals surface area contributed by atoms with Crippen molar-refractivity contribution in [2.75, 3.05) is 31.1 Å². The van der Waals surface area contributed by atoms with Crippen LogP contribution >= 0.6 is 0 Å². The second kappa shape index (κ2) is 10.9. The topological polar surface area (TPSA) is 110 Å². The lowest BCUT2D eigenvalue weighted by molar-refractivity contribution is -0.146. The number of piperazine rings is 1. The van der Waals surface area contributed by atoms with Crippen molar-refractivity contribution in [2.45, 2.75) is 19.9 Å². The monoisotopic (exact) mass is 434 g/mol. The van der Waals surface area contributed by atoms with Gasteiger partial charge < -0.3 is 15.0 Å². The van der Waals surface area contributed by atoms with E-state index in [0.717, 1.165) is 5.56 Å². The average Bonchev–Trinajstić information content (AvgIpc) is 2.81. The summed E-state index contributed by atoms with van der Waals surface area (Å²) in [6.07, 6.45) is 1.88. The minimum Gasteiger partial charge on any atom is -0.465 e. The van der Waals surface area contributed by atoms with E-state index in [1.54, 1.807) is 36.1 Å². The summed E-state index contributed by atoms with van der Waals surface area (Å²) >= 11 is 0. The Morgan fingerprint density at radius 3 is 2.66 bits per heavy atom. The van der Waals surface area contributed by atoms with Crippen molar-refractivity contribution in [1.29, 1.82) is 5.26 Å². The molecule has 9 heteroatoms. The summed E-state index contributed by atoms with van der Waals surface area (Å²) in [5, 5.41) is 15.0. The Labute approximate surface area is 187 Å². The number of nitriles is 1. The second-order valence-corrected chi connectivity index (χ2v) is 7.12. The van der Waals surface area contributed by atoms with Gasteiger partial charge in [0, 0.05) is 19.6 Å². The van der Waals surface area contributed by atoms with Gasteiger partial charge in [-0.3, -0.25) is 10.1 Å². The van der Waals surface area contributed by atoms with Gasteiger partial charge in [-0.25, -0.2) is 14.7 Å². The van der Waals surface area contributed by atoms with Crippen molar-refractivity contribution < 1.29 is 14.3 Å². The van der Waals surface area contributed by atoms with Crippen LogP contribution < -0.4 is 15.5 Å². The number of amides is 2. The third-order valence-electron chi connectivity index (χ3n) is 4.94. The van der Waals surface area contributed by atoms with Gasteiger partial charge in [-0.2, -0.15) is 5.26 Å². The predicted octanol–water partition coefficient (Wildman–Crippen LogP) is 2.52. The third-order valence-corrected chi connectivity index (χ3v) is 4.94. The van der Waals surface area contributed by atoms with Crippen LogP contribution in [0.4, 0.5) is 16.2 Å². The van der Waals surface area contributed by atoms with Crippen LogP contribution in [-0.2, 0) is 9.53 Å². The van der Waals surface area contributed by atoms with E-state index in [1.807, 2.05) is 43.4 Å². The Hall–Kier alpha value is -3.90. The van der Waals surface area contributed by atoms with Gasteiger partial charge in [-0.15, -0.1) is 0 Å². The average molecular weight is 435 g/mol. The smallest absolute Gasteiger partial charge is 0.331 e. The highest BCUT2D eigenvalue weighted by atomic mass is 16.5. The number of carbonyl (C=O) groups excluding carboxylic acids is 2. The second-order valence-electron chi connectivity index (χ2n) is 7.12. The van der Waals surface area contributed by atoms with Crippen molar-refractivity contribution in [3.63, 3.8) is 0 Å². The summed E-state index contributed by atoms with van der Waals surface area (Å²) in [6.45, 7) is 4.88. The fourth-order valence-corrected chi connectivity index (χ4v) is 3.35. The van der Waals surface area contributed by atoms with Crippen molar-refractivity contribution >= 4 is 29.3 Å². The number of hydrogen-bond acceptors (Lipinski definition) is 6. The summed E-state index contributed by atoms with van der Waals surface area (Å²) in [4.78, 5) is 33.3. The van der Waals surface area contributed by atoms with Crippen LogP contribution in [0.15, 0.2) is 59.6 Å². The predicted molar refractivity (Wildman–Crippen MR) is 121 cm³/mol. The first kappa shape index (κ1) is 22.8. The molecule has 1 heterocycles. The molecule has 0 radical (unpaired) electrons. The van der Waals surface area contributed by atoms with Crippen molar-refractivity contribution in [1.82, 2.24) is 15.5 Å². The fourth-order valence-electron chi connectivity index (χ4n) is 3.35. The summed E-state index contributed by atoms with van der Waals surface area (Å²) in [5.41, 5.74) is 2.07. The summed E-state index contributed by atoms with van der Waals surface area (Å²) < 4.78 is 5.10. The van der Waals surface area contributed by atoms with E-state index in [0.29, 0.717) is 24.5 Å². The fraction of sp³-hybridized carbons (Fsp3) is 0.304. The van der Waals surface area contributed by atoms with Gasteiger partial charge in [0.15, 0.2) is 6.19 Å². The molecule has 1 saturated heterocycles. The van der Waals surface area contributed by atoms with Crippen LogP contribution in [-0.4, -0.2) is 55.1 Å². The Morgan fingerprint density at radius 1 is 1.25 bits per heavy atom. The Kier molecular flexibility index (Phi) is 7.78. The number of para-hydroxylation sites is 2. The van der Waals surface area contributed by atoms with Crippen LogP contribution in [0, 0.1) is 18.4 Å². The van der Waals surface area contributed by atoms with Gasteiger partial charge in [-0.1, -0.05) is 36.4 Å². The molecule has 0 aromatic heterocycles. The number of urea groups is 1. The number of benzene rings is 2. The zero-order chi connectivity index (χ0) is 22.9. The SMILES string of the molecule is CCOC(=O)C1CN(C(=O)N(C(=Nc2ccccc2C)NC#N)c2ccccc2)CCN1. The third kappa shape index (κ3) is 5.42. The van der Waals surface area contributed by atoms with Crippen LogP contribution in [0.2, 0.25) is 0 Å². The van der Waals surface area contributed by atoms with Crippen molar-refractivity contribution in [3.05, 3.63) is 60.2 Å². The zero-order valence-corrected chi connectivity index (χ0v) is 18.1. The molecule has 166 valence electrons. The van der Waals surface area contributed by atoms with Crippen molar-refractivity contribution in [3.8, 4) is 6.19 Å². The Morgan fingerprint density at radius 2 is 1.97 bits per heavy atom. The molecule has 2 amide bonds. The van der Waals surface area contributed by atoms with Crippen LogP contribution in [0.3, 0.4) is 0 Å². The summed E-state index contributed by atoms with van der Waals surface area (Å²) in [6, 6.07) is 15.4. The van der Waals surface area contributed by atoms with Gasteiger partial charge in [0.05, 0.1) is 18.0 Å². The van der Waals surface area contributed by atoms with Crippen LogP contribution in [0.25, 0.3) is 0 Å². The van der Waals surface area contributed by atoms with E-state index in [9.17, 15) is 14.9 Å². The molecule has 0 spiro atoms. The standard InChI is InChI=1S/C23H26N6O3/c1-3-32-21(30)20-15-28(14-13-25-20)23(31)29(18-10-5-4-6-11-18)22(26-16-24)27-19-12-8-7-9-17(19)2/h4-12,20,25H,3,13-15H2,1-2H3,(H,26,27). The van der Waals surface area contributed by atoms with E-state index < -0.39 is 18.0 Å². The van der Waals surface area contributed by atoms with Gasteiger partial charge in [0.2, 0.25) is 5.96 Å². The van der Waals surface area contributed by atoms with Crippen LogP contribution in [0.5, 0.6) is 0 Å². The molecule has 0 saturated carbocycles. The molecule has 1 aliphatic rings. The number of rotatable bonds is 4. The lowest BCUT2D eigenvalue weighted by atomic mass is 10.2. The van der Waals surface area contributed by atoms with Gasteiger partial charge in [0.1, 0.15) is 6.04 Å². The number of anilines is 1. The van der Waals surface area contributed by atoms with Gasteiger partial charge in [-0.05, 0) is 37.6 Å². The molecule has 2 aromatic carbocycles. The first-order valence-corrected chi connectivity index (χ1v) is 10.4. The van der Waals surface area contributed by atoms with E-state index >= 15 is 0 Å². The molecule has 9 nitrogen and oxygen atoms in total. The lowest BCUT2D eigenvalue weighted by Crippen LogP contribution is -2.60. The maximum atomic E-state index is 13.7. The molecule has 1 fully saturated rings. The highest BCUT2D eigenvalue weighted by molar-refractivity contribution is 6.16. The molecule has 2 N–H and O–H groups in total. The number of guanidine groups is 1. The molecular weight excluding hydrogens is 408 g/mol. The number of esters is 1. The number of carbonyl (C=O) groups is 2. The Bertz CT molecular complexity index is 1020. The molecule has 1 aliphatic heterocycles. The van der Waals surface area contributed by atoms with Gasteiger partial charge in [0.25, 0.3) is 0 Å². The van der Waals surface area contributed by atoms with E-state index in [1.165, 1.54) is 4.90 Å². The minimum absolute atomic E-state index is 0.0733. The maximum absolute atomic E-state index is 13.7. The first-order valence-electron chi connectivity index (χ1n) is 10.4. The molecule has 32 heavy (non-hydrogen) atoms. The number of aryl methyl sites for hydroxylation is 1. The lowest BCUT2D eigenvalue weighted by Gasteiger charge is -2.36. The normalized spacial score (nSPS) is 16.1. The molecular formula is C23H26N6O3. The molecule has 1 atom stereocenters. The molecule has 3 rings (SSSR count). The zero-order valence-electron chi connectivity index (χ0n) is 18.1. The quantitative estimate of drug-likeness (QED) is 0.252. The van der Waals surface area contributed by atoms with E-state index in [2.05, 4.69) is 15.6 Å². The van der Waals surface area contributed by atoms with Gasteiger partial charge >= 0.3 is 12.0 Å². The Balaban J connectivity index is 1.98. The minimum atomic E-state index is -0.619. The first-order chi connectivity index (χ1) is 15.5. The molecule has 0 aliphatic carbocycles. The highest BCUT2D eigenvalue weighted by Gasteiger charge is 2.33. The summed E-state index contributed by atoms with van der Waals surface area (Å²) in [5.74, 6) is -0.329. The number of aliphatic imine (C=N–C) groups is 1. The highest BCUT2D eigenvalue weighted by Crippen LogP contribution is 2.22. The number of hydrogen-bond donors (Lipinski definition) is 2. The number of nitrogens with one attached hydrogen (secondary N) is 2.